The number of carbonyl (C=O) groups excluding carboxylic acids is 1. The zero-order chi connectivity index (χ0) is 22.2. The molecule has 6 nitrogen and oxygen atoms in total. The van der Waals surface area contributed by atoms with Gasteiger partial charge >= 0.3 is 0 Å². The number of hydrogen-bond donors (Lipinski definition) is 3. The van der Waals surface area contributed by atoms with E-state index in [4.69, 9.17) is 21.7 Å². The summed E-state index contributed by atoms with van der Waals surface area (Å²) in [5.41, 5.74) is 3.23. The van der Waals surface area contributed by atoms with E-state index in [1.54, 1.807) is 18.2 Å². The van der Waals surface area contributed by atoms with E-state index in [0.717, 1.165) is 5.69 Å². The van der Waals surface area contributed by atoms with Gasteiger partial charge in [0.25, 0.3) is 5.91 Å². The molecule has 0 atom stereocenters. The van der Waals surface area contributed by atoms with Crippen LogP contribution in [0.4, 0.5) is 17.1 Å². The van der Waals surface area contributed by atoms with Crippen molar-refractivity contribution in [1.29, 1.82) is 0 Å². The Labute approximate surface area is 191 Å². The predicted molar refractivity (Wildman–Crippen MR) is 132 cm³/mol. The SMILES string of the molecule is CCOc1cc(NC(=S)Nc2ccc(C)cc2)c(OCC)cc1NC(=O)c1cccs1. The summed E-state index contributed by atoms with van der Waals surface area (Å²) < 4.78 is 11.6. The normalized spacial score (nSPS) is 10.3. The van der Waals surface area contributed by atoms with Crippen molar-refractivity contribution in [3.8, 4) is 11.5 Å². The Morgan fingerprint density at radius 2 is 1.55 bits per heavy atom. The zero-order valence-corrected chi connectivity index (χ0v) is 19.3. The van der Waals surface area contributed by atoms with Gasteiger partial charge in [-0.1, -0.05) is 23.8 Å². The maximum atomic E-state index is 12.5. The zero-order valence-electron chi connectivity index (χ0n) is 17.7. The van der Waals surface area contributed by atoms with Crippen LogP contribution in [-0.4, -0.2) is 24.2 Å². The van der Waals surface area contributed by atoms with E-state index in [0.29, 0.717) is 46.1 Å². The van der Waals surface area contributed by atoms with Crippen molar-refractivity contribution in [2.75, 3.05) is 29.2 Å². The average Bonchev–Trinajstić information content (AvgIpc) is 3.28. The number of nitrogens with one attached hydrogen (secondary N) is 3. The summed E-state index contributed by atoms with van der Waals surface area (Å²) in [6.07, 6.45) is 0. The van der Waals surface area contributed by atoms with Crippen LogP contribution in [0.5, 0.6) is 11.5 Å². The molecule has 0 aliphatic heterocycles. The van der Waals surface area contributed by atoms with Gasteiger partial charge in [0.1, 0.15) is 11.5 Å². The second kappa shape index (κ2) is 10.8. The lowest BCUT2D eigenvalue weighted by Gasteiger charge is -2.19. The number of rotatable bonds is 8. The monoisotopic (exact) mass is 455 g/mol. The Bertz CT molecular complexity index is 1030. The van der Waals surface area contributed by atoms with Gasteiger partial charge in [-0.15, -0.1) is 11.3 Å². The molecule has 8 heteroatoms. The van der Waals surface area contributed by atoms with Crippen LogP contribution in [0.1, 0.15) is 29.1 Å². The van der Waals surface area contributed by atoms with Gasteiger partial charge in [-0.3, -0.25) is 4.79 Å². The molecular formula is C23H25N3O3S2. The summed E-state index contributed by atoms with van der Waals surface area (Å²) in [4.78, 5) is 13.2. The molecule has 3 N–H and O–H groups in total. The first-order valence-electron chi connectivity index (χ1n) is 9.93. The van der Waals surface area contributed by atoms with Crippen LogP contribution < -0.4 is 25.4 Å². The van der Waals surface area contributed by atoms with Crippen molar-refractivity contribution in [1.82, 2.24) is 0 Å². The topological polar surface area (TPSA) is 71.6 Å². The fourth-order valence-corrected chi connectivity index (χ4v) is 3.67. The first-order valence-corrected chi connectivity index (χ1v) is 11.2. The molecule has 0 bridgehead atoms. The van der Waals surface area contributed by atoms with Crippen molar-refractivity contribution in [3.05, 3.63) is 64.4 Å². The van der Waals surface area contributed by atoms with E-state index in [2.05, 4.69) is 16.0 Å². The molecule has 1 amide bonds. The third kappa shape index (κ3) is 6.19. The number of thiophene rings is 1. The summed E-state index contributed by atoms with van der Waals surface area (Å²) in [6, 6.07) is 15.1. The number of thiocarbonyl (C=S) groups is 1. The van der Waals surface area contributed by atoms with E-state index in [-0.39, 0.29) is 5.91 Å². The van der Waals surface area contributed by atoms with Crippen LogP contribution in [-0.2, 0) is 0 Å². The Kier molecular flexibility index (Phi) is 7.86. The number of benzene rings is 2. The number of carbonyl (C=O) groups is 1. The standard InChI is InChI=1S/C23H25N3O3S2/c1-4-28-19-14-18(26-23(30)24-16-10-8-15(3)9-11-16)20(29-5-2)13-17(19)25-22(27)21-7-6-12-31-21/h6-14H,4-5H2,1-3H3,(H,25,27)(H2,24,26,30). The predicted octanol–water partition coefficient (Wildman–Crippen LogP) is 5.92. The Balaban J connectivity index is 1.84. The summed E-state index contributed by atoms with van der Waals surface area (Å²) in [5.74, 6) is 0.882. The van der Waals surface area contributed by atoms with Crippen molar-refractivity contribution in [2.24, 2.45) is 0 Å². The van der Waals surface area contributed by atoms with E-state index in [9.17, 15) is 4.79 Å². The van der Waals surface area contributed by atoms with Crippen molar-refractivity contribution in [3.63, 3.8) is 0 Å². The number of anilines is 3. The van der Waals surface area contributed by atoms with E-state index < -0.39 is 0 Å². The molecule has 3 rings (SSSR count). The molecule has 2 aromatic carbocycles. The highest BCUT2D eigenvalue weighted by Crippen LogP contribution is 2.37. The fraction of sp³-hybridized carbons (Fsp3) is 0.217. The molecule has 1 heterocycles. The van der Waals surface area contributed by atoms with E-state index in [1.807, 2.05) is 56.5 Å². The van der Waals surface area contributed by atoms with Crippen LogP contribution in [0, 0.1) is 6.92 Å². The molecule has 31 heavy (non-hydrogen) atoms. The average molecular weight is 456 g/mol. The van der Waals surface area contributed by atoms with Crippen LogP contribution in [0.15, 0.2) is 53.9 Å². The lowest BCUT2D eigenvalue weighted by molar-refractivity contribution is 0.103. The van der Waals surface area contributed by atoms with Crippen molar-refractivity contribution >= 4 is 51.6 Å². The molecule has 0 aliphatic carbocycles. The molecule has 0 aliphatic rings. The maximum absolute atomic E-state index is 12.5. The van der Waals surface area contributed by atoms with Crippen molar-refractivity contribution in [2.45, 2.75) is 20.8 Å². The van der Waals surface area contributed by atoms with Gasteiger partial charge in [-0.05, 0) is 56.6 Å². The van der Waals surface area contributed by atoms with Crippen molar-refractivity contribution < 1.29 is 14.3 Å². The Morgan fingerprint density at radius 3 is 2.10 bits per heavy atom. The molecule has 0 saturated carbocycles. The molecule has 162 valence electrons. The summed E-state index contributed by atoms with van der Waals surface area (Å²) in [6.45, 7) is 6.72. The summed E-state index contributed by atoms with van der Waals surface area (Å²) in [5, 5.41) is 11.5. The van der Waals surface area contributed by atoms with E-state index >= 15 is 0 Å². The van der Waals surface area contributed by atoms with Gasteiger partial charge in [0.2, 0.25) is 0 Å². The van der Waals surface area contributed by atoms with Gasteiger partial charge in [0.15, 0.2) is 5.11 Å². The summed E-state index contributed by atoms with van der Waals surface area (Å²) in [7, 11) is 0. The quantitative estimate of drug-likeness (QED) is 0.367. The molecule has 0 saturated heterocycles. The summed E-state index contributed by atoms with van der Waals surface area (Å²) >= 11 is 6.85. The minimum atomic E-state index is -0.198. The number of aryl methyl sites for hydroxylation is 1. The minimum Gasteiger partial charge on any atom is -0.492 e. The Hall–Kier alpha value is -3.10. The maximum Gasteiger partial charge on any atom is 0.265 e. The van der Waals surface area contributed by atoms with Crippen LogP contribution in [0.3, 0.4) is 0 Å². The second-order valence-corrected chi connectivity index (χ2v) is 7.94. The molecule has 0 unspecified atom stereocenters. The molecule has 0 radical (unpaired) electrons. The molecule has 0 fully saturated rings. The van der Waals surface area contributed by atoms with Crippen LogP contribution >= 0.6 is 23.6 Å². The molecular weight excluding hydrogens is 430 g/mol. The van der Waals surface area contributed by atoms with Gasteiger partial charge < -0.3 is 25.4 Å². The van der Waals surface area contributed by atoms with Gasteiger partial charge in [-0.25, -0.2) is 0 Å². The third-order valence-electron chi connectivity index (χ3n) is 4.23. The highest BCUT2D eigenvalue weighted by molar-refractivity contribution is 7.80. The number of ether oxygens (including phenoxy) is 2. The lowest BCUT2D eigenvalue weighted by Crippen LogP contribution is -2.20. The lowest BCUT2D eigenvalue weighted by atomic mass is 10.2. The molecule has 3 aromatic rings. The van der Waals surface area contributed by atoms with E-state index in [1.165, 1.54) is 16.9 Å². The molecule has 1 aromatic heterocycles. The number of amides is 1. The first-order chi connectivity index (χ1) is 15.0. The largest absolute Gasteiger partial charge is 0.492 e. The van der Waals surface area contributed by atoms with Gasteiger partial charge in [0, 0.05) is 17.8 Å². The second-order valence-electron chi connectivity index (χ2n) is 6.59. The van der Waals surface area contributed by atoms with Crippen LogP contribution in [0.25, 0.3) is 0 Å². The third-order valence-corrected chi connectivity index (χ3v) is 5.31. The smallest absolute Gasteiger partial charge is 0.265 e. The van der Waals surface area contributed by atoms with Gasteiger partial charge in [0.05, 0.1) is 29.5 Å². The first kappa shape index (κ1) is 22.6. The molecule has 0 spiro atoms. The fourth-order valence-electron chi connectivity index (χ4n) is 2.82. The van der Waals surface area contributed by atoms with Gasteiger partial charge in [-0.2, -0.15) is 0 Å². The Morgan fingerprint density at radius 1 is 0.935 bits per heavy atom. The number of hydrogen-bond acceptors (Lipinski definition) is 5. The van der Waals surface area contributed by atoms with Crippen LogP contribution in [0.2, 0.25) is 0 Å². The highest BCUT2D eigenvalue weighted by atomic mass is 32.1. The minimum absolute atomic E-state index is 0.198. The highest BCUT2D eigenvalue weighted by Gasteiger charge is 2.16.